The third-order valence-corrected chi connectivity index (χ3v) is 6.90. The number of carbonyl (C=O) groups excluding carboxylic acids is 1. The van der Waals surface area contributed by atoms with Crippen LogP contribution in [-0.4, -0.2) is 39.6 Å². The van der Waals surface area contributed by atoms with Gasteiger partial charge in [0.1, 0.15) is 5.01 Å². The number of hydrogen-bond donors (Lipinski definition) is 1. The first-order valence-corrected chi connectivity index (χ1v) is 10.4. The van der Waals surface area contributed by atoms with E-state index in [0.717, 1.165) is 41.9 Å². The van der Waals surface area contributed by atoms with Gasteiger partial charge in [-0.3, -0.25) is 4.79 Å². The highest BCUT2D eigenvalue weighted by Gasteiger charge is 2.43. The minimum Gasteiger partial charge on any atom is -0.389 e. The lowest BCUT2D eigenvalue weighted by molar-refractivity contribution is -0.142. The average Bonchev–Trinajstić information content (AvgIpc) is 3.10. The van der Waals surface area contributed by atoms with Crippen LogP contribution in [0.2, 0.25) is 0 Å². The first-order chi connectivity index (χ1) is 12.5. The third-order valence-electron chi connectivity index (χ3n) is 5.96. The van der Waals surface area contributed by atoms with E-state index in [9.17, 15) is 9.90 Å². The molecule has 2 heterocycles. The Kier molecular flexibility index (Phi) is 4.84. The molecule has 4 nitrogen and oxygen atoms in total. The molecule has 0 unspecified atom stereocenters. The van der Waals surface area contributed by atoms with Gasteiger partial charge >= 0.3 is 0 Å². The van der Waals surface area contributed by atoms with Crippen molar-refractivity contribution in [2.24, 2.45) is 5.92 Å². The molecular formula is C21H26N2O2S. The molecule has 2 aromatic rings. The maximum atomic E-state index is 12.7. The fraction of sp³-hybridized carbons (Fsp3) is 0.524. The summed E-state index contributed by atoms with van der Waals surface area (Å²) in [5, 5.41) is 13.7. The summed E-state index contributed by atoms with van der Waals surface area (Å²) >= 11 is 1.59. The smallest absolute Gasteiger partial charge is 0.228 e. The van der Waals surface area contributed by atoms with Gasteiger partial charge in [0.05, 0.1) is 17.7 Å². The van der Waals surface area contributed by atoms with Crippen molar-refractivity contribution in [3.8, 4) is 10.6 Å². The Labute approximate surface area is 158 Å². The molecule has 0 spiro atoms. The molecule has 0 bridgehead atoms. The lowest BCUT2D eigenvalue weighted by atomic mass is 9.71. The zero-order chi connectivity index (χ0) is 18.1. The highest BCUT2D eigenvalue weighted by Crippen LogP contribution is 2.39. The van der Waals surface area contributed by atoms with Gasteiger partial charge in [-0.2, -0.15) is 0 Å². The van der Waals surface area contributed by atoms with Gasteiger partial charge in [-0.25, -0.2) is 4.98 Å². The van der Waals surface area contributed by atoms with Gasteiger partial charge in [-0.1, -0.05) is 42.7 Å². The minimum absolute atomic E-state index is 0.137. The van der Waals surface area contributed by atoms with Gasteiger partial charge in [-0.15, -0.1) is 11.3 Å². The predicted octanol–water partition coefficient (Wildman–Crippen LogP) is 3.81. The topological polar surface area (TPSA) is 53.4 Å². The Morgan fingerprint density at radius 3 is 2.92 bits per heavy atom. The van der Waals surface area contributed by atoms with Crippen molar-refractivity contribution in [2.45, 2.75) is 51.0 Å². The van der Waals surface area contributed by atoms with Gasteiger partial charge in [0.2, 0.25) is 5.91 Å². The molecule has 1 amide bonds. The summed E-state index contributed by atoms with van der Waals surface area (Å²) in [5.41, 5.74) is 2.65. The Morgan fingerprint density at radius 1 is 1.31 bits per heavy atom. The molecule has 1 saturated heterocycles. The highest BCUT2D eigenvalue weighted by molar-refractivity contribution is 7.13. The van der Waals surface area contributed by atoms with E-state index in [-0.39, 0.29) is 11.8 Å². The Morgan fingerprint density at radius 2 is 2.12 bits per heavy atom. The van der Waals surface area contributed by atoms with Crippen LogP contribution in [0, 0.1) is 12.8 Å². The first-order valence-electron chi connectivity index (χ1n) is 9.55. The third kappa shape index (κ3) is 3.55. The van der Waals surface area contributed by atoms with Crippen molar-refractivity contribution in [3.63, 3.8) is 0 Å². The van der Waals surface area contributed by atoms with E-state index in [1.54, 1.807) is 11.3 Å². The van der Waals surface area contributed by atoms with E-state index < -0.39 is 5.60 Å². The van der Waals surface area contributed by atoms with E-state index in [1.165, 1.54) is 12.0 Å². The number of amides is 1. The summed E-state index contributed by atoms with van der Waals surface area (Å²) in [6.45, 7) is 3.44. The van der Waals surface area contributed by atoms with Crippen LogP contribution < -0.4 is 0 Å². The quantitative estimate of drug-likeness (QED) is 0.894. The van der Waals surface area contributed by atoms with Crippen molar-refractivity contribution >= 4 is 17.2 Å². The van der Waals surface area contributed by atoms with E-state index in [1.807, 2.05) is 10.3 Å². The van der Waals surface area contributed by atoms with Crippen molar-refractivity contribution in [2.75, 3.05) is 13.1 Å². The van der Waals surface area contributed by atoms with Crippen molar-refractivity contribution in [3.05, 3.63) is 40.9 Å². The van der Waals surface area contributed by atoms with Gasteiger partial charge in [0, 0.05) is 30.0 Å². The van der Waals surface area contributed by atoms with Crippen LogP contribution in [0.5, 0.6) is 0 Å². The molecule has 4 rings (SSSR count). The maximum absolute atomic E-state index is 12.7. The van der Waals surface area contributed by atoms with Crippen LogP contribution >= 0.6 is 11.3 Å². The standard InChI is InChI=1S/C21H26N2O2S/c1-15-5-7-16(8-6-15)20-22-18(14-26-20)12-19(24)23-11-10-21(25)9-3-2-4-17(21)13-23/h5-8,14,17,25H,2-4,9-13H2,1H3/t17-,21+/m1/s1. The number of nitrogens with zero attached hydrogens (tertiary/aromatic N) is 2. The van der Waals surface area contributed by atoms with Gasteiger partial charge in [0.15, 0.2) is 0 Å². The van der Waals surface area contributed by atoms with E-state index in [4.69, 9.17) is 0 Å². The van der Waals surface area contributed by atoms with Crippen LogP contribution in [0.25, 0.3) is 10.6 Å². The number of piperidine rings is 1. The second-order valence-corrected chi connectivity index (χ2v) is 8.68. The van der Waals surface area contributed by atoms with Crippen LogP contribution in [0.4, 0.5) is 0 Å². The summed E-state index contributed by atoms with van der Waals surface area (Å²) < 4.78 is 0. The molecule has 1 aromatic heterocycles. The second kappa shape index (κ2) is 7.12. The number of thiazole rings is 1. The molecule has 138 valence electrons. The van der Waals surface area contributed by atoms with Crippen LogP contribution in [0.15, 0.2) is 29.6 Å². The lowest BCUT2D eigenvalue weighted by Gasteiger charge is -2.47. The zero-order valence-corrected chi connectivity index (χ0v) is 16.1. The van der Waals surface area contributed by atoms with Gasteiger partial charge in [0.25, 0.3) is 0 Å². The summed E-state index contributed by atoms with van der Waals surface area (Å²) in [4.78, 5) is 19.3. The molecular weight excluding hydrogens is 344 g/mol. The van der Waals surface area contributed by atoms with Crippen molar-refractivity contribution in [1.82, 2.24) is 9.88 Å². The summed E-state index contributed by atoms with van der Waals surface area (Å²) in [6.07, 6.45) is 5.28. The first kappa shape index (κ1) is 17.7. The molecule has 1 aliphatic heterocycles. The number of likely N-dealkylation sites (tertiary alicyclic amines) is 1. The number of rotatable bonds is 3. The Hall–Kier alpha value is -1.72. The van der Waals surface area contributed by atoms with Crippen LogP contribution in [0.1, 0.15) is 43.4 Å². The van der Waals surface area contributed by atoms with Gasteiger partial charge < -0.3 is 10.0 Å². The summed E-state index contributed by atoms with van der Waals surface area (Å²) in [7, 11) is 0. The number of aliphatic hydroxyl groups is 1. The van der Waals surface area contributed by atoms with Crippen LogP contribution in [0.3, 0.4) is 0 Å². The maximum Gasteiger partial charge on any atom is 0.228 e. The van der Waals surface area contributed by atoms with Crippen LogP contribution in [-0.2, 0) is 11.2 Å². The van der Waals surface area contributed by atoms with Crippen molar-refractivity contribution < 1.29 is 9.90 Å². The molecule has 2 atom stereocenters. The molecule has 0 radical (unpaired) electrons. The number of fused-ring (bicyclic) bond motifs is 1. The van der Waals surface area contributed by atoms with E-state index in [0.29, 0.717) is 19.5 Å². The normalized spacial score (nSPS) is 25.8. The molecule has 2 aliphatic rings. The summed E-state index contributed by atoms with van der Waals surface area (Å²) in [5.74, 6) is 0.380. The Balaban J connectivity index is 1.40. The largest absolute Gasteiger partial charge is 0.389 e. The number of aromatic nitrogens is 1. The fourth-order valence-corrected chi connectivity index (χ4v) is 5.11. The number of hydrogen-bond acceptors (Lipinski definition) is 4. The fourth-order valence-electron chi connectivity index (χ4n) is 4.28. The molecule has 1 aromatic carbocycles. The number of aryl methyl sites for hydroxylation is 1. The van der Waals surface area contributed by atoms with Crippen molar-refractivity contribution in [1.29, 1.82) is 0 Å². The predicted molar refractivity (Wildman–Crippen MR) is 104 cm³/mol. The zero-order valence-electron chi connectivity index (χ0n) is 15.3. The van der Waals surface area contributed by atoms with E-state index >= 15 is 0 Å². The summed E-state index contributed by atoms with van der Waals surface area (Å²) in [6, 6.07) is 8.32. The number of benzene rings is 1. The lowest BCUT2D eigenvalue weighted by Crippen LogP contribution is -2.54. The SMILES string of the molecule is Cc1ccc(-c2nc(CC(=O)N3CC[C@@]4(O)CCCC[C@@H]4C3)cs2)cc1. The highest BCUT2D eigenvalue weighted by atomic mass is 32.1. The average molecular weight is 371 g/mol. The monoisotopic (exact) mass is 370 g/mol. The minimum atomic E-state index is -0.533. The molecule has 26 heavy (non-hydrogen) atoms. The molecule has 1 N–H and O–H groups in total. The van der Waals surface area contributed by atoms with E-state index in [2.05, 4.69) is 36.2 Å². The number of carbonyl (C=O) groups is 1. The molecule has 2 fully saturated rings. The molecule has 5 heteroatoms. The molecule has 1 aliphatic carbocycles. The Bertz CT molecular complexity index is 786. The molecule has 1 saturated carbocycles. The van der Waals surface area contributed by atoms with Gasteiger partial charge in [-0.05, 0) is 26.2 Å². The second-order valence-electron chi connectivity index (χ2n) is 7.82.